The van der Waals surface area contributed by atoms with Crippen molar-refractivity contribution in [1.82, 2.24) is 9.88 Å². The first-order chi connectivity index (χ1) is 12.7. The van der Waals surface area contributed by atoms with E-state index >= 15 is 0 Å². The molecule has 1 aliphatic heterocycles. The third-order valence-electron chi connectivity index (χ3n) is 5.34. The van der Waals surface area contributed by atoms with Crippen molar-refractivity contribution < 1.29 is 14.3 Å². The summed E-state index contributed by atoms with van der Waals surface area (Å²) in [5.41, 5.74) is -0.0840. The number of Topliss-reactive ketones (excluding diaryl/α,β-unsaturated/α-hetero) is 1. The number of carbonyl (C=O) groups excluding carboxylic acids is 1. The minimum Gasteiger partial charge on any atom is -0.377 e. The molecule has 0 radical (unpaired) electrons. The summed E-state index contributed by atoms with van der Waals surface area (Å²) < 4.78 is 11.5. The standard InChI is InChI=1S/C22H36N2O3/c1-18(2)26-16-14-24(5)13-8-10-22(11-15-27-21(3,4)17-22)20(25)19-9-6-7-12-23-19/h6-7,9,12,18H,8,10-11,13-17H2,1-5H3. The Balaban J connectivity index is 2.00. The molecular formula is C22H36N2O3. The minimum absolute atomic E-state index is 0.172. The van der Waals surface area contributed by atoms with E-state index in [2.05, 4.69) is 44.6 Å². The smallest absolute Gasteiger partial charge is 0.187 e. The molecule has 5 nitrogen and oxygen atoms in total. The summed E-state index contributed by atoms with van der Waals surface area (Å²) in [5.74, 6) is 0.172. The molecule has 0 amide bonds. The Hall–Kier alpha value is -1.30. The molecule has 1 aromatic heterocycles. The number of ether oxygens (including phenoxy) is 2. The van der Waals surface area contributed by atoms with Crippen LogP contribution >= 0.6 is 0 Å². The van der Waals surface area contributed by atoms with Crippen molar-refractivity contribution in [2.24, 2.45) is 5.41 Å². The van der Waals surface area contributed by atoms with Crippen molar-refractivity contribution in [1.29, 1.82) is 0 Å². The van der Waals surface area contributed by atoms with Gasteiger partial charge in [0.1, 0.15) is 5.69 Å². The molecule has 1 aliphatic rings. The molecule has 0 N–H and O–H groups in total. The Morgan fingerprint density at radius 3 is 2.74 bits per heavy atom. The van der Waals surface area contributed by atoms with Crippen molar-refractivity contribution in [2.45, 2.75) is 65.1 Å². The Morgan fingerprint density at radius 1 is 1.33 bits per heavy atom. The van der Waals surface area contributed by atoms with Gasteiger partial charge >= 0.3 is 0 Å². The lowest BCUT2D eigenvalue weighted by molar-refractivity contribution is -0.0959. The quantitative estimate of drug-likeness (QED) is 0.578. The number of ketones is 1. The molecule has 0 spiro atoms. The molecule has 27 heavy (non-hydrogen) atoms. The van der Waals surface area contributed by atoms with Crippen molar-refractivity contribution in [3.8, 4) is 0 Å². The highest BCUT2D eigenvalue weighted by atomic mass is 16.5. The van der Waals surface area contributed by atoms with Gasteiger partial charge in [0.15, 0.2) is 5.78 Å². The van der Waals surface area contributed by atoms with Gasteiger partial charge in [-0.2, -0.15) is 0 Å². The van der Waals surface area contributed by atoms with E-state index in [9.17, 15) is 4.79 Å². The lowest BCUT2D eigenvalue weighted by Gasteiger charge is -2.44. The van der Waals surface area contributed by atoms with Crippen LogP contribution in [0.5, 0.6) is 0 Å². The Labute approximate surface area is 164 Å². The fraction of sp³-hybridized carbons (Fsp3) is 0.727. The summed E-state index contributed by atoms with van der Waals surface area (Å²) in [5, 5.41) is 0. The van der Waals surface area contributed by atoms with Gasteiger partial charge in [0.25, 0.3) is 0 Å². The molecule has 5 heteroatoms. The lowest BCUT2D eigenvalue weighted by Crippen LogP contribution is -2.46. The van der Waals surface area contributed by atoms with Gasteiger partial charge in [-0.05, 0) is 79.1 Å². The maximum atomic E-state index is 13.4. The fourth-order valence-corrected chi connectivity index (χ4v) is 4.01. The maximum Gasteiger partial charge on any atom is 0.187 e. The van der Waals surface area contributed by atoms with E-state index in [0.717, 1.165) is 45.4 Å². The zero-order chi connectivity index (χ0) is 19.9. The van der Waals surface area contributed by atoms with Crippen LogP contribution in [-0.4, -0.2) is 60.7 Å². The normalized spacial score (nSPS) is 22.3. The first-order valence-electron chi connectivity index (χ1n) is 10.1. The van der Waals surface area contributed by atoms with Crippen molar-refractivity contribution in [2.75, 3.05) is 33.4 Å². The van der Waals surface area contributed by atoms with E-state index in [1.165, 1.54) is 0 Å². The zero-order valence-electron chi connectivity index (χ0n) is 17.7. The second-order valence-electron chi connectivity index (χ2n) is 8.69. The van der Waals surface area contributed by atoms with Crippen LogP contribution in [0.3, 0.4) is 0 Å². The number of hydrogen-bond acceptors (Lipinski definition) is 5. The molecule has 0 aromatic carbocycles. The molecule has 1 unspecified atom stereocenters. The molecule has 152 valence electrons. The van der Waals surface area contributed by atoms with Gasteiger partial charge in [0.2, 0.25) is 0 Å². The van der Waals surface area contributed by atoms with Crippen LogP contribution < -0.4 is 0 Å². The third kappa shape index (κ3) is 6.66. The summed E-state index contributed by atoms with van der Waals surface area (Å²) in [7, 11) is 2.12. The molecule has 1 saturated heterocycles. The molecule has 1 fully saturated rings. The number of rotatable bonds is 10. The van der Waals surface area contributed by atoms with E-state index in [1.54, 1.807) is 6.20 Å². The number of carbonyl (C=O) groups is 1. The van der Waals surface area contributed by atoms with Crippen LogP contribution in [0.25, 0.3) is 0 Å². The Kier molecular flexibility index (Phi) is 7.95. The van der Waals surface area contributed by atoms with Gasteiger partial charge in [-0.15, -0.1) is 0 Å². The Bertz CT molecular complexity index is 588. The average molecular weight is 377 g/mol. The van der Waals surface area contributed by atoms with Gasteiger partial charge in [0.05, 0.1) is 18.3 Å². The van der Waals surface area contributed by atoms with Crippen LogP contribution in [0, 0.1) is 5.41 Å². The second kappa shape index (κ2) is 9.76. The third-order valence-corrected chi connectivity index (χ3v) is 5.34. The lowest BCUT2D eigenvalue weighted by atomic mass is 9.67. The first kappa shape index (κ1) is 22.0. The molecule has 0 saturated carbocycles. The molecule has 1 atom stereocenters. The number of hydrogen-bond donors (Lipinski definition) is 0. The number of pyridine rings is 1. The molecule has 2 heterocycles. The van der Waals surface area contributed by atoms with Crippen molar-refractivity contribution >= 4 is 5.78 Å². The molecule has 1 aromatic rings. The van der Waals surface area contributed by atoms with Gasteiger partial charge in [-0.25, -0.2) is 0 Å². The van der Waals surface area contributed by atoms with Gasteiger partial charge in [0, 0.05) is 24.8 Å². The molecule has 0 bridgehead atoms. The summed E-state index contributed by atoms with van der Waals surface area (Å²) >= 11 is 0. The summed E-state index contributed by atoms with van der Waals surface area (Å²) in [6, 6.07) is 5.58. The first-order valence-corrected chi connectivity index (χ1v) is 10.1. The highest BCUT2D eigenvalue weighted by molar-refractivity contribution is 5.99. The minimum atomic E-state index is -0.384. The second-order valence-corrected chi connectivity index (χ2v) is 8.69. The van der Waals surface area contributed by atoms with Crippen LogP contribution in [0.1, 0.15) is 63.9 Å². The summed E-state index contributed by atoms with van der Waals surface area (Å²) in [6.07, 6.45) is 5.33. The van der Waals surface area contributed by atoms with Gasteiger partial charge in [-0.3, -0.25) is 9.78 Å². The van der Waals surface area contributed by atoms with E-state index in [4.69, 9.17) is 9.47 Å². The summed E-state index contributed by atoms with van der Waals surface area (Å²) in [4.78, 5) is 20.0. The van der Waals surface area contributed by atoms with E-state index in [0.29, 0.717) is 12.3 Å². The topological polar surface area (TPSA) is 51.7 Å². The van der Waals surface area contributed by atoms with E-state index in [1.807, 2.05) is 18.2 Å². The number of likely N-dealkylation sites (N-methyl/N-ethyl adjacent to an activating group) is 1. The van der Waals surface area contributed by atoms with E-state index in [-0.39, 0.29) is 22.9 Å². The van der Waals surface area contributed by atoms with Crippen LogP contribution in [0.15, 0.2) is 24.4 Å². The number of aromatic nitrogens is 1. The van der Waals surface area contributed by atoms with Crippen LogP contribution in [-0.2, 0) is 9.47 Å². The summed E-state index contributed by atoms with van der Waals surface area (Å²) in [6.45, 7) is 11.5. The van der Waals surface area contributed by atoms with Crippen molar-refractivity contribution in [3.63, 3.8) is 0 Å². The monoisotopic (exact) mass is 376 g/mol. The average Bonchev–Trinajstić information content (AvgIpc) is 2.60. The molecule has 0 aliphatic carbocycles. The Morgan fingerprint density at radius 2 is 2.11 bits per heavy atom. The fourth-order valence-electron chi connectivity index (χ4n) is 4.01. The van der Waals surface area contributed by atoms with Crippen LogP contribution in [0.2, 0.25) is 0 Å². The SMILES string of the molecule is CC(C)OCCN(C)CCCC1(C(=O)c2ccccn2)CCOC(C)(C)C1. The predicted octanol–water partition coefficient (Wildman–Crippen LogP) is 3.98. The predicted molar refractivity (Wildman–Crippen MR) is 108 cm³/mol. The highest BCUT2D eigenvalue weighted by Gasteiger charge is 2.46. The highest BCUT2D eigenvalue weighted by Crippen LogP contribution is 2.44. The van der Waals surface area contributed by atoms with E-state index < -0.39 is 0 Å². The largest absolute Gasteiger partial charge is 0.377 e. The number of nitrogens with zero attached hydrogens (tertiary/aromatic N) is 2. The zero-order valence-corrected chi connectivity index (χ0v) is 17.7. The van der Waals surface area contributed by atoms with Gasteiger partial charge < -0.3 is 14.4 Å². The van der Waals surface area contributed by atoms with Crippen molar-refractivity contribution in [3.05, 3.63) is 30.1 Å². The molecular weight excluding hydrogens is 340 g/mol. The van der Waals surface area contributed by atoms with Crippen LogP contribution in [0.4, 0.5) is 0 Å². The van der Waals surface area contributed by atoms with Gasteiger partial charge in [-0.1, -0.05) is 6.07 Å². The molecule has 2 rings (SSSR count). The maximum absolute atomic E-state index is 13.4.